The summed E-state index contributed by atoms with van der Waals surface area (Å²) in [6, 6.07) is 11.4. The molecule has 0 atom stereocenters. The minimum absolute atomic E-state index is 0.167. The number of aryl methyl sites for hydroxylation is 2. The molecule has 0 spiro atoms. The second-order valence-corrected chi connectivity index (χ2v) is 6.36. The molecule has 0 aliphatic heterocycles. The minimum Gasteiger partial charge on any atom is -0.490 e. The molecule has 2 aromatic carbocycles. The third-order valence-electron chi connectivity index (χ3n) is 3.86. The summed E-state index contributed by atoms with van der Waals surface area (Å²) in [5.41, 5.74) is 3.72. The third kappa shape index (κ3) is 6.61. The Bertz CT molecular complexity index is 818. The summed E-state index contributed by atoms with van der Waals surface area (Å²) >= 11 is 0. The number of carbonyl (C=O) groups is 1. The monoisotopic (exact) mass is 384 g/mol. The molecule has 6 heteroatoms. The van der Waals surface area contributed by atoms with Crippen LogP contribution >= 0.6 is 0 Å². The highest BCUT2D eigenvalue weighted by atomic mass is 16.6. The van der Waals surface area contributed by atoms with Crippen molar-refractivity contribution >= 4 is 17.8 Å². The molecule has 0 fully saturated rings. The van der Waals surface area contributed by atoms with Crippen molar-refractivity contribution < 1.29 is 19.1 Å². The molecule has 2 aromatic rings. The van der Waals surface area contributed by atoms with Crippen LogP contribution in [0.25, 0.3) is 0 Å². The first kappa shape index (κ1) is 21.3. The van der Waals surface area contributed by atoms with Crippen molar-refractivity contribution in [1.29, 1.82) is 0 Å². The number of nitrogens with one attached hydrogen (secondary N) is 1. The number of rotatable bonds is 10. The summed E-state index contributed by atoms with van der Waals surface area (Å²) in [6.07, 6.45) is 2.46. The molecule has 6 nitrogen and oxygen atoms in total. The molecular weight excluding hydrogens is 356 g/mol. The second kappa shape index (κ2) is 11.0. The first-order valence-electron chi connectivity index (χ1n) is 9.45. The van der Waals surface area contributed by atoms with Crippen molar-refractivity contribution in [2.45, 2.75) is 34.1 Å². The Morgan fingerprint density at radius 3 is 2.61 bits per heavy atom. The second-order valence-electron chi connectivity index (χ2n) is 6.36. The van der Waals surface area contributed by atoms with Crippen LogP contribution in [0.4, 0.5) is 5.69 Å². The fourth-order valence-corrected chi connectivity index (χ4v) is 2.54. The van der Waals surface area contributed by atoms with Crippen molar-refractivity contribution in [1.82, 2.24) is 0 Å². The quantitative estimate of drug-likeness (QED) is 0.484. The molecule has 150 valence electrons. The van der Waals surface area contributed by atoms with Crippen molar-refractivity contribution in [3.05, 3.63) is 53.1 Å². The number of ether oxygens (including phenoxy) is 2. The van der Waals surface area contributed by atoms with Gasteiger partial charge in [-0.15, -0.1) is 0 Å². The van der Waals surface area contributed by atoms with E-state index in [0.717, 1.165) is 28.8 Å². The van der Waals surface area contributed by atoms with E-state index in [2.05, 4.69) is 17.4 Å². The summed E-state index contributed by atoms with van der Waals surface area (Å²) in [5, 5.41) is 6.69. The summed E-state index contributed by atoms with van der Waals surface area (Å²) < 4.78 is 11.3. The lowest BCUT2D eigenvalue weighted by Crippen LogP contribution is -2.17. The zero-order valence-corrected chi connectivity index (χ0v) is 17.0. The molecule has 0 unspecified atom stereocenters. The van der Waals surface area contributed by atoms with E-state index in [0.29, 0.717) is 24.7 Å². The van der Waals surface area contributed by atoms with Crippen LogP contribution < -0.4 is 14.8 Å². The highest BCUT2D eigenvalue weighted by Gasteiger charge is 2.07. The Kier molecular flexibility index (Phi) is 8.34. The van der Waals surface area contributed by atoms with Gasteiger partial charge in [-0.25, -0.2) is 0 Å². The standard InChI is InChI=1S/C22H28N2O4/c1-5-11-27-20-10-8-18(13-21(20)26-6-2)14-23-28-15-22(25)24-19-9-7-16(3)12-17(19)4/h7-10,12-14H,5-6,11,15H2,1-4H3,(H,24,25). The van der Waals surface area contributed by atoms with Crippen molar-refractivity contribution in [3.8, 4) is 11.5 Å². The van der Waals surface area contributed by atoms with Crippen molar-refractivity contribution in [2.75, 3.05) is 25.1 Å². The van der Waals surface area contributed by atoms with Crippen LogP contribution in [0, 0.1) is 13.8 Å². The van der Waals surface area contributed by atoms with Gasteiger partial charge in [0.05, 0.1) is 19.4 Å². The zero-order valence-electron chi connectivity index (χ0n) is 17.0. The summed E-state index contributed by atoms with van der Waals surface area (Å²) in [4.78, 5) is 17.1. The Morgan fingerprint density at radius 1 is 1.07 bits per heavy atom. The number of anilines is 1. The Labute approximate surface area is 166 Å². The molecule has 0 heterocycles. The van der Waals surface area contributed by atoms with Gasteiger partial charge in [-0.3, -0.25) is 4.79 Å². The molecule has 2 rings (SSSR count). The fraction of sp³-hybridized carbons (Fsp3) is 0.364. The summed E-state index contributed by atoms with van der Waals surface area (Å²) in [7, 11) is 0. The Hall–Kier alpha value is -3.02. The number of amides is 1. The first-order valence-corrected chi connectivity index (χ1v) is 9.45. The number of benzene rings is 2. The topological polar surface area (TPSA) is 69.2 Å². The molecule has 0 aliphatic rings. The van der Waals surface area contributed by atoms with Crippen molar-refractivity contribution in [2.24, 2.45) is 5.16 Å². The predicted octanol–water partition coefficient (Wildman–Crippen LogP) is 4.48. The van der Waals surface area contributed by atoms with E-state index >= 15 is 0 Å². The van der Waals surface area contributed by atoms with Crippen LogP contribution in [-0.4, -0.2) is 31.9 Å². The molecule has 1 amide bonds. The SMILES string of the molecule is CCCOc1ccc(C=NOCC(=O)Nc2ccc(C)cc2C)cc1OCC. The van der Waals surface area contributed by atoms with Crippen LogP contribution in [0.15, 0.2) is 41.6 Å². The van der Waals surface area contributed by atoms with Gasteiger partial charge >= 0.3 is 0 Å². The van der Waals surface area contributed by atoms with E-state index < -0.39 is 0 Å². The van der Waals surface area contributed by atoms with Gasteiger partial charge in [0.1, 0.15) is 0 Å². The average molecular weight is 384 g/mol. The van der Waals surface area contributed by atoms with E-state index in [1.807, 2.05) is 57.2 Å². The smallest absolute Gasteiger partial charge is 0.265 e. The lowest BCUT2D eigenvalue weighted by atomic mass is 10.1. The average Bonchev–Trinajstić information content (AvgIpc) is 2.67. The highest BCUT2D eigenvalue weighted by Crippen LogP contribution is 2.28. The number of carbonyl (C=O) groups excluding carboxylic acids is 1. The van der Waals surface area contributed by atoms with Crippen LogP contribution in [0.5, 0.6) is 11.5 Å². The van der Waals surface area contributed by atoms with E-state index in [4.69, 9.17) is 14.3 Å². The van der Waals surface area contributed by atoms with Gasteiger partial charge in [0.15, 0.2) is 18.1 Å². The third-order valence-corrected chi connectivity index (χ3v) is 3.86. The fourth-order valence-electron chi connectivity index (χ4n) is 2.54. The predicted molar refractivity (Wildman–Crippen MR) is 111 cm³/mol. The van der Waals surface area contributed by atoms with Crippen molar-refractivity contribution in [3.63, 3.8) is 0 Å². The van der Waals surface area contributed by atoms with Gasteiger partial charge in [0, 0.05) is 11.3 Å². The Morgan fingerprint density at radius 2 is 1.89 bits per heavy atom. The maximum absolute atomic E-state index is 12.0. The van der Waals surface area contributed by atoms with E-state index in [1.165, 1.54) is 6.21 Å². The molecule has 0 bridgehead atoms. The van der Waals surface area contributed by atoms with Crippen LogP contribution in [0.3, 0.4) is 0 Å². The molecule has 0 radical (unpaired) electrons. The van der Waals surface area contributed by atoms with Crippen LogP contribution in [-0.2, 0) is 9.63 Å². The molecule has 0 aliphatic carbocycles. The van der Waals surface area contributed by atoms with Gasteiger partial charge in [-0.2, -0.15) is 0 Å². The zero-order chi connectivity index (χ0) is 20.4. The maximum Gasteiger partial charge on any atom is 0.265 e. The van der Waals surface area contributed by atoms with E-state index in [1.54, 1.807) is 0 Å². The number of hydrogen-bond donors (Lipinski definition) is 1. The van der Waals surface area contributed by atoms with Gasteiger partial charge in [-0.05, 0) is 57.0 Å². The molecule has 0 saturated heterocycles. The lowest BCUT2D eigenvalue weighted by molar-refractivity contribution is -0.120. The van der Waals surface area contributed by atoms with Gasteiger partial charge < -0.3 is 19.6 Å². The molecule has 0 saturated carbocycles. The molecular formula is C22H28N2O4. The minimum atomic E-state index is -0.262. The van der Waals surface area contributed by atoms with E-state index in [9.17, 15) is 4.79 Å². The number of nitrogens with zero attached hydrogens (tertiary/aromatic N) is 1. The van der Waals surface area contributed by atoms with E-state index in [-0.39, 0.29) is 12.5 Å². The van der Waals surface area contributed by atoms with Gasteiger partial charge in [0.25, 0.3) is 5.91 Å². The largest absolute Gasteiger partial charge is 0.490 e. The highest BCUT2D eigenvalue weighted by molar-refractivity contribution is 5.92. The van der Waals surface area contributed by atoms with Crippen LogP contribution in [0.2, 0.25) is 0 Å². The molecule has 1 N–H and O–H groups in total. The number of hydrogen-bond acceptors (Lipinski definition) is 5. The maximum atomic E-state index is 12.0. The lowest BCUT2D eigenvalue weighted by Gasteiger charge is -2.11. The first-order chi connectivity index (χ1) is 13.5. The van der Waals surface area contributed by atoms with Crippen LogP contribution in [0.1, 0.15) is 37.0 Å². The molecule has 0 aromatic heterocycles. The van der Waals surface area contributed by atoms with Gasteiger partial charge in [-0.1, -0.05) is 29.8 Å². The summed E-state index contributed by atoms with van der Waals surface area (Å²) in [5.74, 6) is 1.10. The number of oxime groups is 1. The van der Waals surface area contributed by atoms with Gasteiger partial charge in [0.2, 0.25) is 0 Å². The molecule has 28 heavy (non-hydrogen) atoms. The Balaban J connectivity index is 1.89. The normalized spacial score (nSPS) is 10.7. The summed E-state index contributed by atoms with van der Waals surface area (Å²) in [6.45, 7) is 8.93.